The number of hydrogen-bond acceptors (Lipinski definition) is 7. The van der Waals surface area contributed by atoms with Crippen LogP contribution in [0.15, 0.2) is 84.4 Å². The van der Waals surface area contributed by atoms with Gasteiger partial charge in [-0.05, 0) is 50.1 Å². The summed E-state index contributed by atoms with van der Waals surface area (Å²) < 4.78 is 7.37. The van der Waals surface area contributed by atoms with E-state index in [9.17, 15) is 9.90 Å². The number of aliphatic hydroxyl groups is 2. The van der Waals surface area contributed by atoms with Gasteiger partial charge in [0.2, 0.25) is 5.88 Å². The van der Waals surface area contributed by atoms with Gasteiger partial charge < -0.3 is 25.2 Å². The normalized spacial score (nSPS) is 15.3. The molecule has 3 heterocycles. The summed E-state index contributed by atoms with van der Waals surface area (Å²) in [5, 5.41) is 27.4. The zero-order chi connectivity index (χ0) is 27.8. The maximum Gasteiger partial charge on any atom is 0.272 e. The lowest BCUT2D eigenvalue weighted by Crippen LogP contribution is -2.27. The van der Waals surface area contributed by atoms with Crippen LogP contribution >= 0.6 is 0 Å². The van der Waals surface area contributed by atoms with Crippen molar-refractivity contribution >= 4 is 22.5 Å². The molecule has 1 aromatic carbocycles. The third-order valence-electron chi connectivity index (χ3n) is 6.23. The van der Waals surface area contributed by atoms with Crippen LogP contribution in [0.4, 0.5) is 5.69 Å². The first-order valence-corrected chi connectivity index (χ1v) is 13.2. The molecule has 9 nitrogen and oxygen atoms in total. The van der Waals surface area contributed by atoms with Crippen LogP contribution in [0.25, 0.3) is 10.9 Å². The molecule has 0 fully saturated rings. The van der Waals surface area contributed by atoms with Crippen LogP contribution in [0.5, 0.6) is 5.88 Å². The maximum atomic E-state index is 13.5. The number of nitrogens with zero attached hydrogens (tertiary/aromatic N) is 4. The highest BCUT2D eigenvalue weighted by atomic mass is 16.5. The predicted octanol–water partition coefficient (Wildman–Crippen LogP) is 4.30. The number of aliphatic hydroxyl groups excluding tert-OH is 2. The van der Waals surface area contributed by atoms with Crippen LogP contribution in [-0.2, 0) is 17.8 Å². The first kappa shape index (κ1) is 27.8. The van der Waals surface area contributed by atoms with E-state index in [0.29, 0.717) is 30.2 Å². The zero-order valence-electron chi connectivity index (χ0n) is 22.5. The molecular formula is C30H35N5O4. The Hall–Kier alpha value is -4.21. The number of anilines is 1. The molecule has 1 unspecified atom stereocenters. The van der Waals surface area contributed by atoms with Crippen LogP contribution in [0.3, 0.4) is 0 Å². The highest BCUT2D eigenvalue weighted by molar-refractivity contribution is 6.09. The minimum Gasteiger partial charge on any atom is -0.475 e. The second-order valence-electron chi connectivity index (χ2n) is 9.01. The SMILES string of the molecule is CC=C(C(=O)Nc1cccc2c1c(CC)nn2Cc1cccc(OCC(O)CO)n1)N1C=CC=CC1=CCC. The van der Waals surface area contributed by atoms with E-state index in [1.165, 1.54) is 0 Å². The number of amides is 1. The van der Waals surface area contributed by atoms with Crippen molar-refractivity contribution in [3.8, 4) is 5.88 Å². The molecule has 1 atom stereocenters. The number of benzene rings is 1. The number of ether oxygens (including phenoxy) is 1. The minimum absolute atomic E-state index is 0.0475. The fourth-order valence-corrected chi connectivity index (χ4v) is 4.41. The highest BCUT2D eigenvalue weighted by Crippen LogP contribution is 2.29. The van der Waals surface area contributed by atoms with E-state index in [-0.39, 0.29) is 19.1 Å². The van der Waals surface area contributed by atoms with Crippen molar-refractivity contribution in [2.24, 2.45) is 0 Å². The summed E-state index contributed by atoms with van der Waals surface area (Å²) in [6.45, 7) is 5.93. The van der Waals surface area contributed by atoms with Crippen molar-refractivity contribution < 1.29 is 19.7 Å². The zero-order valence-corrected chi connectivity index (χ0v) is 22.5. The van der Waals surface area contributed by atoms with Gasteiger partial charge in [-0.2, -0.15) is 5.10 Å². The molecule has 3 aromatic rings. The number of hydrogen-bond donors (Lipinski definition) is 3. The van der Waals surface area contributed by atoms with E-state index >= 15 is 0 Å². The lowest BCUT2D eigenvalue weighted by atomic mass is 10.1. The largest absolute Gasteiger partial charge is 0.475 e. The molecule has 39 heavy (non-hydrogen) atoms. The Morgan fingerprint density at radius 3 is 2.74 bits per heavy atom. The summed E-state index contributed by atoms with van der Waals surface area (Å²) in [7, 11) is 0. The number of carbonyl (C=O) groups excluding carboxylic acids is 1. The second kappa shape index (κ2) is 13.0. The van der Waals surface area contributed by atoms with Gasteiger partial charge >= 0.3 is 0 Å². The van der Waals surface area contributed by atoms with E-state index in [4.69, 9.17) is 14.9 Å². The van der Waals surface area contributed by atoms with Gasteiger partial charge in [0.05, 0.1) is 35.7 Å². The molecule has 0 aliphatic carbocycles. The molecule has 0 saturated carbocycles. The average molecular weight is 530 g/mol. The first-order valence-electron chi connectivity index (χ1n) is 13.2. The van der Waals surface area contributed by atoms with Crippen molar-refractivity contribution in [1.29, 1.82) is 0 Å². The smallest absolute Gasteiger partial charge is 0.272 e. The Balaban J connectivity index is 1.60. The molecule has 9 heteroatoms. The van der Waals surface area contributed by atoms with Gasteiger partial charge in [-0.3, -0.25) is 9.48 Å². The Labute approximate surface area is 228 Å². The number of rotatable bonds is 11. The summed E-state index contributed by atoms with van der Waals surface area (Å²) in [5.41, 5.74) is 4.65. The third kappa shape index (κ3) is 6.45. The van der Waals surface area contributed by atoms with Gasteiger partial charge in [-0.25, -0.2) is 4.98 Å². The van der Waals surface area contributed by atoms with Crippen LogP contribution < -0.4 is 10.1 Å². The Kier molecular flexibility index (Phi) is 9.30. The van der Waals surface area contributed by atoms with Crippen molar-refractivity contribution in [1.82, 2.24) is 19.7 Å². The van der Waals surface area contributed by atoms with Crippen molar-refractivity contribution in [2.45, 2.75) is 46.3 Å². The lowest BCUT2D eigenvalue weighted by Gasteiger charge is -2.26. The summed E-state index contributed by atoms with van der Waals surface area (Å²) >= 11 is 0. The molecule has 0 bridgehead atoms. The molecular weight excluding hydrogens is 494 g/mol. The molecule has 0 saturated heterocycles. The fraction of sp³-hybridized carbons (Fsp3) is 0.300. The topological polar surface area (TPSA) is 113 Å². The molecule has 1 amide bonds. The van der Waals surface area contributed by atoms with E-state index in [2.05, 4.69) is 23.3 Å². The van der Waals surface area contributed by atoms with Gasteiger partial charge in [0, 0.05) is 23.3 Å². The second-order valence-corrected chi connectivity index (χ2v) is 9.01. The van der Waals surface area contributed by atoms with Crippen molar-refractivity contribution in [2.75, 3.05) is 18.5 Å². The number of pyridine rings is 1. The average Bonchev–Trinajstić information content (AvgIpc) is 3.31. The van der Waals surface area contributed by atoms with Gasteiger partial charge in [0.15, 0.2) is 0 Å². The molecule has 1 aliphatic rings. The number of aryl methyl sites for hydroxylation is 1. The fourth-order valence-electron chi connectivity index (χ4n) is 4.41. The van der Waals surface area contributed by atoms with E-state index < -0.39 is 6.10 Å². The summed E-state index contributed by atoms with van der Waals surface area (Å²) in [6.07, 6.45) is 12.2. The Morgan fingerprint density at radius 2 is 2.00 bits per heavy atom. The molecule has 3 N–H and O–H groups in total. The van der Waals surface area contributed by atoms with Crippen LogP contribution in [-0.4, -0.2) is 55.1 Å². The van der Waals surface area contributed by atoms with Gasteiger partial charge in [-0.1, -0.05) is 44.2 Å². The minimum atomic E-state index is -0.967. The number of nitrogens with one attached hydrogen (secondary N) is 1. The van der Waals surface area contributed by atoms with Crippen molar-refractivity contribution in [3.05, 3.63) is 95.8 Å². The number of allylic oxidation sites excluding steroid dienone is 5. The van der Waals surface area contributed by atoms with E-state index in [1.54, 1.807) is 6.07 Å². The lowest BCUT2D eigenvalue weighted by molar-refractivity contribution is -0.113. The first-order chi connectivity index (χ1) is 19.0. The maximum absolute atomic E-state index is 13.5. The number of fused-ring (bicyclic) bond motifs is 1. The number of carbonyl (C=O) groups is 1. The predicted molar refractivity (Wildman–Crippen MR) is 152 cm³/mol. The molecule has 4 rings (SSSR count). The molecule has 204 valence electrons. The van der Waals surface area contributed by atoms with Crippen LogP contribution in [0.2, 0.25) is 0 Å². The van der Waals surface area contributed by atoms with Crippen LogP contribution in [0, 0.1) is 0 Å². The van der Waals surface area contributed by atoms with E-state index in [0.717, 1.165) is 34.4 Å². The molecule has 0 radical (unpaired) electrons. The highest BCUT2D eigenvalue weighted by Gasteiger charge is 2.21. The molecule has 1 aliphatic heterocycles. The van der Waals surface area contributed by atoms with Crippen molar-refractivity contribution in [3.63, 3.8) is 0 Å². The monoisotopic (exact) mass is 529 g/mol. The van der Waals surface area contributed by atoms with Gasteiger partial charge in [-0.15, -0.1) is 0 Å². The van der Waals surface area contributed by atoms with Crippen LogP contribution in [0.1, 0.15) is 38.6 Å². The van der Waals surface area contributed by atoms with Gasteiger partial charge in [0.1, 0.15) is 18.4 Å². The standard InChI is InChI=1S/C30H35N5O4/c1-4-11-22-13-7-8-17-34(22)26(6-3)30(38)32-25-14-10-15-27-29(25)24(5-2)33-35(27)18-21-12-9-16-28(31-21)39-20-23(37)19-36/h6-17,23,36-37H,4-5,18-20H2,1-3H3,(H,32,38). The summed E-state index contributed by atoms with van der Waals surface area (Å²) in [5.74, 6) is 0.149. The summed E-state index contributed by atoms with van der Waals surface area (Å²) in [6, 6.07) is 11.2. The number of aromatic nitrogens is 3. The Bertz CT molecular complexity index is 1440. The van der Waals surface area contributed by atoms with E-state index in [1.807, 2.05) is 84.3 Å². The Morgan fingerprint density at radius 1 is 1.18 bits per heavy atom. The van der Waals surface area contributed by atoms with Gasteiger partial charge in [0.25, 0.3) is 5.91 Å². The third-order valence-corrected chi connectivity index (χ3v) is 6.23. The quantitative estimate of drug-likeness (QED) is 0.318. The molecule has 2 aromatic heterocycles. The summed E-state index contributed by atoms with van der Waals surface area (Å²) in [4.78, 5) is 19.9. The molecule has 0 spiro atoms.